The molecule has 0 aliphatic rings. The summed E-state index contributed by atoms with van der Waals surface area (Å²) in [4.78, 5) is 10.9. The Balaban J connectivity index is 1.47. The third-order valence-corrected chi connectivity index (χ3v) is 6.02. The van der Waals surface area contributed by atoms with Crippen molar-refractivity contribution in [3.63, 3.8) is 0 Å². The monoisotopic (exact) mass is 476 g/mol. The van der Waals surface area contributed by atoms with Crippen LogP contribution in [0.25, 0.3) is 11.1 Å². The average Bonchev–Trinajstić information content (AvgIpc) is 2.87. The zero-order valence-corrected chi connectivity index (χ0v) is 20.8. The van der Waals surface area contributed by atoms with Gasteiger partial charge in [-0.3, -0.25) is 4.79 Å². The molecule has 0 aliphatic heterocycles. The van der Waals surface area contributed by atoms with Crippen LogP contribution in [0.2, 0.25) is 0 Å². The van der Waals surface area contributed by atoms with Gasteiger partial charge < -0.3 is 19.3 Å². The van der Waals surface area contributed by atoms with Gasteiger partial charge in [-0.2, -0.15) is 0 Å². The second kappa shape index (κ2) is 14.2. The highest BCUT2D eigenvalue weighted by molar-refractivity contribution is 5.68. The number of methoxy groups -OCH3 is 2. The minimum absolute atomic E-state index is 0.180. The van der Waals surface area contributed by atoms with E-state index in [2.05, 4.69) is 24.3 Å². The first-order valence-electron chi connectivity index (χ1n) is 12.3. The van der Waals surface area contributed by atoms with Gasteiger partial charge in [0, 0.05) is 13.5 Å². The molecule has 0 atom stereocenters. The van der Waals surface area contributed by atoms with Crippen LogP contribution in [0.5, 0.6) is 11.5 Å². The highest BCUT2D eigenvalue weighted by Crippen LogP contribution is 2.29. The van der Waals surface area contributed by atoms with Gasteiger partial charge in [-0.15, -0.1) is 0 Å². The number of aryl methyl sites for hydroxylation is 2. The molecule has 186 valence electrons. The SMILES string of the molecule is COCc1cc(OCCCCCCc2ccccc2CCC(=O)O)cc(-c2cccc(OC)c2)c1. The van der Waals surface area contributed by atoms with Crippen LogP contribution in [0.1, 0.15) is 48.8 Å². The maximum atomic E-state index is 10.9. The molecule has 1 N–H and O–H groups in total. The fourth-order valence-corrected chi connectivity index (χ4v) is 4.21. The number of hydrogen-bond donors (Lipinski definition) is 1. The van der Waals surface area contributed by atoms with Crippen LogP contribution in [0.3, 0.4) is 0 Å². The number of carboxylic acid groups (broad SMARTS) is 1. The van der Waals surface area contributed by atoms with Gasteiger partial charge in [0.05, 0.1) is 20.3 Å². The van der Waals surface area contributed by atoms with Crippen molar-refractivity contribution in [3.05, 3.63) is 83.4 Å². The third-order valence-electron chi connectivity index (χ3n) is 6.02. The predicted molar refractivity (Wildman–Crippen MR) is 139 cm³/mol. The number of rotatable bonds is 15. The molecule has 0 fully saturated rings. The lowest BCUT2D eigenvalue weighted by molar-refractivity contribution is -0.136. The van der Waals surface area contributed by atoms with Gasteiger partial charge in [0.25, 0.3) is 0 Å². The van der Waals surface area contributed by atoms with Crippen molar-refractivity contribution in [1.29, 1.82) is 0 Å². The molecular weight excluding hydrogens is 440 g/mol. The van der Waals surface area contributed by atoms with Crippen molar-refractivity contribution in [3.8, 4) is 22.6 Å². The summed E-state index contributed by atoms with van der Waals surface area (Å²) >= 11 is 0. The summed E-state index contributed by atoms with van der Waals surface area (Å²) in [5.41, 5.74) is 5.65. The second-order valence-corrected chi connectivity index (χ2v) is 8.71. The van der Waals surface area contributed by atoms with E-state index in [-0.39, 0.29) is 6.42 Å². The molecule has 3 aromatic carbocycles. The zero-order chi connectivity index (χ0) is 24.9. The number of aliphatic carboxylic acids is 1. The quantitative estimate of drug-likeness (QED) is 0.247. The minimum atomic E-state index is -0.747. The number of benzene rings is 3. The van der Waals surface area contributed by atoms with E-state index in [1.165, 1.54) is 5.56 Å². The fourth-order valence-electron chi connectivity index (χ4n) is 4.21. The fraction of sp³-hybridized carbons (Fsp3) is 0.367. The van der Waals surface area contributed by atoms with Gasteiger partial charge >= 0.3 is 5.97 Å². The van der Waals surface area contributed by atoms with Crippen LogP contribution in [-0.2, 0) is 29.0 Å². The minimum Gasteiger partial charge on any atom is -0.497 e. The van der Waals surface area contributed by atoms with E-state index in [4.69, 9.17) is 19.3 Å². The Kier molecular flexibility index (Phi) is 10.6. The summed E-state index contributed by atoms with van der Waals surface area (Å²) in [6, 6.07) is 22.4. The smallest absolute Gasteiger partial charge is 0.303 e. The molecule has 35 heavy (non-hydrogen) atoms. The van der Waals surface area contributed by atoms with Crippen LogP contribution >= 0.6 is 0 Å². The molecule has 0 spiro atoms. The Bertz CT molecular complexity index is 1080. The average molecular weight is 477 g/mol. The van der Waals surface area contributed by atoms with Crippen molar-refractivity contribution in [1.82, 2.24) is 0 Å². The summed E-state index contributed by atoms with van der Waals surface area (Å²) < 4.78 is 16.8. The topological polar surface area (TPSA) is 65.0 Å². The standard InChI is InChI=1S/C30H36O5/c1-33-22-23-18-27(26-13-9-14-28(20-26)34-2)21-29(19-23)35-17-8-4-3-5-10-24-11-6-7-12-25(24)15-16-30(31)32/h6-7,9,11-14,18-21H,3-5,8,10,15-17,22H2,1-2H3,(H,31,32). The molecule has 5 nitrogen and oxygen atoms in total. The number of carbonyl (C=O) groups is 1. The van der Waals surface area contributed by atoms with E-state index in [9.17, 15) is 4.79 Å². The van der Waals surface area contributed by atoms with E-state index in [1.807, 2.05) is 42.5 Å². The van der Waals surface area contributed by atoms with Crippen molar-refractivity contribution in [2.45, 2.75) is 51.6 Å². The van der Waals surface area contributed by atoms with Gasteiger partial charge in [0.15, 0.2) is 0 Å². The van der Waals surface area contributed by atoms with E-state index in [1.54, 1.807) is 14.2 Å². The highest BCUT2D eigenvalue weighted by Gasteiger charge is 2.07. The van der Waals surface area contributed by atoms with E-state index in [0.717, 1.165) is 65.9 Å². The first-order chi connectivity index (χ1) is 17.1. The maximum absolute atomic E-state index is 10.9. The molecule has 0 amide bonds. The van der Waals surface area contributed by atoms with Crippen molar-refractivity contribution < 1.29 is 24.1 Å². The van der Waals surface area contributed by atoms with E-state index in [0.29, 0.717) is 19.6 Å². The molecule has 0 saturated heterocycles. The molecule has 0 aliphatic carbocycles. The van der Waals surface area contributed by atoms with Crippen LogP contribution < -0.4 is 9.47 Å². The number of ether oxygens (including phenoxy) is 3. The van der Waals surface area contributed by atoms with Gasteiger partial charge in [-0.25, -0.2) is 0 Å². The number of unbranched alkanes of at least 4 members (excludes halogenated alkanes) is 3. The molecule has 3 rings (SSSR count). The van der Waals surface area contributed by atoms with Crippen LogP contribution in [0.15, 0.2) is 66.7 Å². The lowest BCUT2D eigenvalue weighted by atomic mass is 9.98. The summed E-state index contributed by atoms with van der Waals surface area (Å²) in [5, 5.41) is 8.96. The molecule has 0 bridgehead atoms. The Hall–Kier alpha value is -3.31. The highest BCUT2D eigenvalue weighted by atomic mass is 16.5. The summed E-state index contributed by atoms with van der Waals surface area (Å²) in [6.45, 7) is 1.20. The maximum Gasteiger partial charge on any atom is 0.303 e. The van der Waals surface area contributed by atoms with Gasteiger partial charge in [0.1, 0.15) is 11.5 Å². The molecule has 5 heteroatoms. The Morgan fingerprint density at radius 3 is 2.26 bits per heavy atom. The van der Waals surface area contributed by atoms with Crippen LogP contribution in [0, 0.1) is 0 Å². The Labute approximate surface area is 208 Å². The summed E-state index contributed by atoms with van der Waals surface area (Å²) in [5.74, 6) is 0.930. The molecule has 0 heterocycles. The first-order valence-corrected chi connectivity index (χ1v) is 12.3. The second-order valence-electron chi connectivity index (χ2n) is 8.71. The molecular formula is C30H36O5. The van der Waals surface area contributed by atoms with E-state index >= 15 is 0 Å². The Morgan fingerprint density at radius 2 is 1.51 bits per heavy atom. The lowest BCUT2D eigenvalue weighted by Gasteiger charge is -2.12. The molecule has 3 aromatic rings. The number of carboxylic acids is 1. The predicted octanol–water partition coefficient (Wildman–Crippen LogP) is 6.71. The third kappa shape index (κ3) is 8.76. The van der Waals surface area contributed by atoms with Gasteiger partial charge in [0.2, 0.25) is 0 Å². The molecule has 0 saturated carbocycles. The van der Waals surface area contributed by atoms with Crippen LogP contribution in [-0.4, -0.2) is 31.9 Å². The van der Waals surface area contributed by atoms with Crippen molar-refractivity contribution >= 4 is 5.97 Å². The Morgan fingerprint density at radius 1 is 0.771 bits per heavy atom. The largest absolute Gasteiger partial charge is 0.497 e. The lowest BCUT2D eigenvalue weighted by Crippen LogP contribution is -2.01. The summed E-state index contributed by atoms with van der Waals surface area (Å²) in [6.07, 6.45) is 6.06. The van der Waals surface area contributed by atoms with Gasteiger partial charge in [-0.05, 0) is 83.8 Å². The van der Waals surface area contributed by atoms with Crippen LogP contribution in [0.4, 0.5) is 0 Å². The van der Waals surface area contributed by atoms with Gasteiger partial charge in [-0.1, -0.05) is 49.2 Å². The van der Waals surface area contributed by atoms with Crippen molar-refractivity contribution in [2.75, 3.05) is 20.8 Å². The molecule has 0 aromatic heterocycles. The van der Waals surface area contributed by atoms with E-state index < -0.39 is 5.97 Å². The normalized spacial score (nSPS) is 10.8. The summed E-state index contributed by atoms with van der Waals surface area (Å²) in [7, 11) is 3.37. The first kappa shape index (κ1) is 26.3. The molecule has 0 radical (unpaired) electrons. The number of hydrogen-bond acceptors (Lipinski definition) is 4. The zero-order valence-electron chi connectivity index (χ0n) is 20.8. The molecule has 0 unspecified atom stereocenters. The van der Waals surface area contributed by atoms with Crippen molar-refractivity contribution in [2.24, 2.45) is 0 Å².